The summed E-state index contributed by atoms with van der Waals surface area (Å²) in [5.41, 5.74) is 0.694. The molecule has 0 radical (unpaired) electrons. The number of rotatable bonds is 3. The van der Waals surface area contributed by atoms with E-state index in [4.69, 9.17) is 16.3 Å². The Hall–Kier alpha value is -1.34. The van der Waals surface area contributed by atoms with Crippen LogP contribution in [0.4, 0.5) is 5.69 Å². The molecule has 3 rings (SSSR count). The highest BCUT2D eigenvalue weighted by molar-refractivity contribution is 6.34. The van der Waals surface area contributed by atoms with Gasteiger partial charge < -0.3 is 19.9 Å². The number of nitrogens with one attached hydrogen (secondary N) is 1. The van der Waals surface area contributed by atoms with Crippen molar-refractivity contribution in [3.05, 3.63) is 29.3 Å². The molecule has 1 aromatic rings. The van der Waals surface area contributed by atoms with Crippen LogP contribution in [0.15, 0.2) is 24.3 Å². The number of amides is 2. The van der Waals surface area contributed by atoms with Gasteiger partial charge in [-0.15, -0.1) is 12.4 Å². The van der Waals surface area contributed by atoms with Crippen molar-refractivity contribution in [1.82, 2.24) is 10.2 Å². The zero-order chi connectivity index (χ0) is 17.3. The van der Waals surface area contributed by atoms with E-state index in [2.05, 4.69) is 5.32 Å². The van der Waals surface area contributed by atoms with Crippen LogP contribution < -0.4 is 10.2 Å². The summed E-state index contributed by atoms with van der Waals surface area (Å²) < 4.78 is 5.53. The molecule has 2 aliphatic rings. The van der Waals surface area contributed by atoms with Crippen LogP contribution >= 0.6 is 24.0 Å². The van der Waals surface area contributed by atoms with Gasteiger partial charge in [0.25, 0.3) is 0 Å². The second-order valence-corrected chi connectivity index (χ2v) is 6.61. The lowest BCUT2D eigenvalue weighted by molar-refractivity contribution is -0.143. The molecule has 0 spiro atoms. The molecular formula is C17H23Cl2N3O3. The summed E-state index contributed by atoms with van der Waals surface area (Å²) in [7, 11) is 1.68. The monoisotopic (exact) mass is 387 g/mol. The summed E-state index contributed by atoms with van der Waals surface area (Å²) in [6.07, 6.45) is 0.388. The van der Waals surface area contributed by atoms with Crippen molar-refractivity contribution in [2.24, 2.45) is 0 Å². The van der Waals surface area contributed by atoms with Crippen molar-refractivity contribution >= 4 is 41.5 Å². The fraction of sp³-hybridized carbons (Fsp3) is 0.529. The van der Waals surface area contributed by atoms with Crippen LogP contribution in [0, 0.1) is 0 Å². The minimum absolute atomic E-state index is 0. The van der Waals surface area contributed by atoms with E-state index < -0.39 is 12.1 Å². The SMILES string of the molecule is C[C@H]1OCCN[C@@H]1C(=O)N(C)C1CCN(c2ccccc2Cl)C1=O.Cl. The van der Waals surface area contributed by atoms with Gasteiger partial charge in [-0.1, -0.05) is 23.7 Å². The quantitative estimate of drug-likeness (QED) is 0.857. The number of carbonyl (C=O) groups is 2. The summed E-state index contributed by atoms with van der Waals surface area (Å²) in [6.45, 7) is 3.65. The summed E-state index contributed by atoms with van der Waals surface area (Å²) >= 11 is 6.20. The van der Waals surface area contributed by atoms with Crippen LogP contribution in [-0.4, -0.2) is 61.6 Å². The lowest BCUT2D eigenvalue weighted by atomic mass is 10.1. The minimum atomic E-state index is -0.468. The molecule has 0 aromatic heterocycles. The molecule has 8 heteroatoms. The molecule has 2 saturated heterocycles. The second kappa shape index (κ2) is 8.36. The number of benzene rings is 1. The van der Waals surface area contributed by atoms with Crippen LogP contribution in [0.3, 0.4) is 0 Å². The van der Waals surface area contributed by atoms with Crippen LogP contribution in [0.25, 0.3) is 0 Å². The Balaban J connectivity index is 0.00000225. The molecule has 6 nitrogen and oxygen atoms in total. The van der Waals surface area contributed by atoms with Crippen LogP contribution in [-0.2, 0) is 14.3 Å². The van der Waals surface area contributed by atoms with Crippen molar-refractivity contribution in [3.8, 4) is 0 Å². The molecule has 2 heterocycles. The molecule has 3 atom stereocenters. The summed E-state index contributed by atoms with van der Waals surface area (Å²) in [5, 5.41) is 3.72. The van der Waals surface area contributed by atoms with Gasteiger partial charge in [0.15, 0.2) is 0 Å². The first kappa shape index (κ1) is 20.0. The Morgan fingerprint density at radius 1 is 1.40 bits per heavy atom. The zero-order valence-electron chi connectivity index (χ0n) is 14.3. The third-order valence-electron chi connectivity index (χ3n) is 4.72. The molecule has 138 valence electrons. The van der Waals surface area contributed by atoms with Gasteiger partial charge in [-0.3, -0.25) is 9.59 Å². The number of likely N-dealkylation sites (N-methyl/N-ethyl adjacent to an activating group) is 1. The van der Waals surface area contributed by atoms with Crippen molar-refractivity contribution in [3.63, 3.8) is 0 Å². The maximum absolute atomic E-state index is 12.8. The first-order valence-corrected chi connectivity index (χ1v) is 8.56. The number of carbonyl (C=O) groups excluding carboxylic acids is 2. The van der Waals surface area contributed by atoms with E-state index in [1.165, 1.54) is 0 Å². The first-order valence-electron chi connectivity index (χ1n) is 8.18. The van der Waals surface area contributed by atoms with Crippen molar-refractivity contribution in [2.75, 3.05) is 31.6 Å². The second-order valence-electron chi connectivity index (χ2n) is 6.20. The number of halogens is 2. The van der Waals surface area contributed by atoms with E-state index in [1.807, 2.05) is 25.1 Å². The Bertz CT molecular complexity index is 643. The third kappa shape index (κ3) is 3.92. The Labute approximate surface area is 158 Å². The normalized spacial score (nSPS) is 26.3. The number of morpholine rings is 1. The van der Waals surface area contributed by atoms with Crippen LogP contribution in [0.5, 0.6) is 0 Å². The maximum atomic E-state index is 12.8. The van der Waals surface area contributed by atoms with Gasteiger partial charge >= 0.3 is 0 Å². The molecule has 1 aromatic carbocycles. The largest absolute Gasteiger partial charge is 0.375 e. The predicted molar refractivity (Wildman–Crippen MR) is 99.4 cm³/mol. The highest BCUT2D eigenvalue weighted by Gasteiger charge is 2.40. The Morgan fingerprint density at radius 2 is 2.12 bits per heavy atom. The highest BCUT2D eigenvalue weighted by Crippen LogP contribution is 2.30. The van der Waals surface area contributed by atoms with Gasteiger partial charge in [0, 0.05) is 20.1 Å². The van der Waals surface area contributed by atoms with Gasteiger partial charge in [0.05, 0.1) is 23.4 Å². The van der Waals surface area contributed by atoms with Crippen molar-refractivity contribution in [1.29, 1.82) is 0 Å². The number of para-hydroxylation sites is 1. The number of ether oxygens (including phenoxy) is 1. The summed E-state index contributed by atoms with van der Waals surface area (Å²) in [4.78, 5) is 28.7. The number of nitrogens with zero attached hydrogens (tertiary/aromatic N) is 2. The van der Waals surface area contributed by atoms with E-state index in [9.17, 15) is 9.59 Å². The number of anilines is 1. The topological polar surface area (TPSA) is 61.9 Å². The lowest BCUT2D eigenvalue weighted by Gasteiger charge is -2.34. The Morgan fingerprint density at radius 3 is 2.80 bits per heavy atom. The fourth-order valence-electron chi connectivity index (χ4n) is 3.32. The van der Waals surface area contributed by atoms with Gasteiger partial charge in [-0.05, 0) is 25.5 Å². The summed E-state index contributed by atoms with van der Waals surface area (Å²) in [6, 6.07) is 6.38. The standard InChI is InChI=1S/C17H22ClN3O3.ClH/c1-11-15(19-8-10-24-11)17(23)20(2)14-7-9-21(16(14)22)13-6-4-3-5-12(13)18;/h3-6,11,14-15,19H,7-10H2,1-2H3;1H/t11-,14?,15+;/m1./s1. The van der Waals surface area contributed by atoms with Crippen molar-refractivity contribution in [2.45, 2.75) is 31.5 Å². The average molecular weight is 388 g/mol. The van der Waals surface area contributed by atoms with E-state index in [0.29, 0.717) is 36.8 Å². The molecule has 25 heavy (non-hydrogen) atoms. The molecule has 1 unspecified atom stereocenters. The Kier molecular flexibility index (Phi) is 6.68. The average Bonchev–Trinajstić information content (AvgIpc) is 2.96. The third-order valence-corrected chi connectivity index (χ3v) is 5.04. The summed E-state index contributed by atoms with van der Waals surface area (Å²) in [5.74, 6) is -0.204. The molecule has 2 aliphatic heterocycles. The molecule has 1 N–H and O–H groups in total. The van der Waals surface area contributed by atoms with E-state index in [-0.39, 0.29) is 30.3 Å². The number of hydrogen-bond acceptors (Lipinski definition) is 4. The van der Waals surface area contributed by atoms with Crippen LogP contribution in [0.1, 0.15) is 13.3 Å². The van der Waals surface area contributed by atoms with E-state index in [1.54, 1.807) is 22.9 Å². The van der Waals surface area contributed by atoms with Gasteiger partial charge in [0.1, 0.15) is 12.1 Å². The van der Waals surface area contributed by atoms with Gasteiger partial charge in [-0.2, -0.15) is 0 Å². The minimum Gasteiger partial charge on any atom is -0.375 e. The van der Waals surface area contributed by atoms with E-state index in [0.717, 1.165) is 0 Å². The molecule has 2 fully saturated rings. The number of hydrogen-bond donors (Lipinski definition) is 1. The maximum Gasteiger partial charge on any atom is 0.249 e. The molecule has 0 bridgehead atoms. The van der Waals surface area contributed by atoms with Gasteiger partial charge in [-0.25, -0.2) is 0 Å². The van der Waals surface area contributed by atoms with Crippen LogP contribution in [0.2, 0.25) is 5.02 Å². The predicted octanol–water partition coefficient (Wildman–Crippen LogP) is 1.70. The van der Waals surface area contributed by atoms with E-state index >= 15 is 0 Å². The molecule has 0 aliphatic carbocycles. The zero-order valence-corrected chi connectivity index (χ0v) is 15.8. The fourth-order valence-corrected chi connectivity index (χ4v) is 3.55. The first-order chi connectivity index (χ1) is 11.5. The smallest absolute Gasteiger partial charge is 0.249 e. The van der Waals surface area contributed by atoms with Gasteiger partial charge in [0.2, 0.25) is 11.8 Å². The molecule has 2 amide bonds. The lowest BCUT2D eigenvalue weighted by Crippen LogP contribution is -2.58. The highest BCUT2D eigenvalue weighted by atomic mass is 35.5. The van der Waals surface area contributed by atoms with Crippen molar-refractivity contribution < 1.29 is 14.3 Å². The molecular weight excluding hydrogens is 365 g/mol. The molecule has 0 saturated carbocycles.